The summed E-state index contributed by atoms with van der Waals surface area (Å²) in [6, 6.07) is 0. The smallest absolute Gasteiger partial charge is 0.00169 e. The molecule has 11 heavy (non-hydrogen) atoms. The van der Waals surface area contributed by atoms with E-state index in [-0.39, 0.29) is 0 Å². The highest BCUT2D eigenvalue weighted by molar-refractivity contribution is 7.80. The predicted molar refractivity (Wildman–Crippen MR) is 56.4 cm³/mol. The van der Waals surface area contributed by atoms with Crippen LogP contribution in [-0.4, -0.2) is 5.25 Å². The first-order chi connectivity index (χ1) is 4.95. The van der Waals surface area contributed by atoms with Gasteiger partial charge in [-0.1, -0.05) is 34.1 Å². The van der Waals surface area contributed by atoms with Crippen LogP contribution in [0.25, 0.3) is 0 Å². The lowest BCUT2D eigenvalue weighted by Gasteiger charge is -2.20. The van der Waals surface area contributed by atoms with Gasteiger partial charge in [-0.05, 0) is 24.7 Å². The van der Waals surface area contributed by atoms with E-state index in [0.717, 1.165) is 0 Å². The van der Waals surface area contributed by atoms with Gasteiger partial charge in [0.15, 0.2) is 0 Å². The fourth-order valence-electron chi connectivity index (χ4n) is 1.08. The standard InChI is InChI=1S/C10H22S/c1-5-6-9(11)7-8-10(2,3)4/h9,11H,5-8H2,1-4H3. The molecule has 0 aliphatic heterocycles. The molecule has 0 spiro atoms. The molecule has 0 aromatic rings. The van der Waals surface area contributed by atoms with Gasteiger partial charge >= 0.3 is 0 Å². The van der Waals surface area contributed by atoms with Crippen LogP contribution in [0, 0.1) is 5.41 Å². The van der Waals surface area contributed by atoms with Crippen molar-refractivity contribution in [2.24, 2.45) is 5.41 Å². The topological polar surface area (TPSA) is 0 Å². The Morgan fingerprint density at radius 1 is 1.18 bits per heavy atom. The van der Waals surface area contributed by atoms with E-state index in [4.69, 9.17) is 0 Å². The summed E-state index contributed by atoms with van der Waals surface area (Å²) < 4.78 is 0. The van der Waals surface area contributed by atoms with E-state index < -0.39 is 0 Å². The summed E-state index contributed by atoms with van der Waals surface area (Å²) in [5.74, 6) is 0. The van der Waals surface area contributed by atoms with Crippen molar-refractivity contribution in [1.82, 2.24) is 0 Å². The van der Waals surface area contributed by atoms with E-state index >= 15 is 0 Å². The van der Waals surface area contributed by atoms with Gasteiger partial charge < -0.3 is 0 Å². The Hall–Kier alpha value is 0.350. The maximum Gasteiger partial charge on any atom is 0.00169 e. The van der Waals surface area contributed by atoms with E-state index in [1.807, 2.05) is 0 Å². The van der Waals surface area contributed by atoms with Gasteiger partial charge in [-0.15, -0.1) is 0 Å². The maximum absolute atomic E-state index is 4.52. The zero-order valence-electron chi connectivity index (χ0n) is 8.35. The Bertz CT molecular complexity index is 91.5. The molecule has 0 fully saturated rings. The Labute approximate surface area is 77.2 Å². The molecule has 0 saturated carbocycles. The molecule has 68 valence electrons. The minimum absolute atomic E-state index is 0.481. The highest BCUT2D eigenvalue weighted by atomic mass is 32.1. The lowest BCUT2D eigenvalue weighted by molar-refractivity contribution is 0.361. The van der Waals surface area contributed by atoms with Gasteiger partial charge in [-0.2, -0.15) is 12.6 Å². The van der Waals surface area contributed by atoms with Crippen LogP contribution in [0.3, 0.4) is 0 Å². The molecular weight excluding hydrogens is 152 g/mol. The number of hydrogen-bond donors (Lipinski definition) is 1. The van der Waals surface area contributed by atoms with Gasteiger partial charge in [0.05, 0.1) is 0 Å². The minimum atomic E-state index is 0.481. The Morgan fingerprint density at radius 2 is 1.73 bits per heavy atom. The summed E-state index contributed by atoms with van der Waals surface area (Å²) in [6.07, 6.45) is 5.08. The van der Waals surface area contributed by atoms with Crippen LogP contribution in [0.15, 0.2) is 0 Å². The largest absolute Gasteiger partial charge is 0.176 e. The van der Waals surface area contributed by atoms with Crippen LogP contribution in [0.1, 0.15) is 53.4 Å². The molecule has 0 saturated heterocycles. The van der Waals surface area contributed by atoms with Crippen molar-refractivity contribution in [2.75, 3.05) is 0 Å². The summed E-state index contributed by atoms with van der Waals surface area (Å²) in [7, 11) is 0. The molecule has 0 aliphatic carbocycles. The lowest BCUT2D eigenvalue weighted by atomic mass is 9.89. The number of rotatable bonds is 4. The Morgan fingerprint density at radius 3 is 2.09 bits per heavy atom. The van der Waals surface area contributed by atoms with Gasteiger partial charge in [0.2, 0.25) is 0 Å². The monoisotopic (exact) mass is 174 g/mol. The quantitative estimate of drug-likeness (QED) is 0.614. The molecule has 1 heteroatoms. The average Bonchev–Trinajstić information content (AvgIpc) is 1.83. The van der Waals surface area contributed by atoms with Crippen LogP contribution in [0.2, 0.25) is 0 Å². The fourth-order valence-corrected chi connectivity index (χ4v) is 1.46. The summed E-state index contributed by atoms with van der Waals surface area (Å²) in [6.45, 7) is 9.10. The Kier molecular flexibility index (Phi) is 5.24. The van der Waals surface area contributed by atoms with E-state index in [1.54, 1.807) is 0 Å². The first-order valence-electron chi connectivity index (χ1n) is 4.64. The molecule has 0 N–H and O–H groups in total. The highest BCUT2D eigenvalue weighted by Crippen LogP contribution is 2.24. The van der Waals surface area contributed by atoms with Crippen molar-refractivity contribution in [1.29, 1.82) is 0 Å². The molecule has 0 radical (unpaired) electrons. The molecule has 0 amide bonds. The van der Waals surface area contributed by atoms with Crippen molar-refractivity contribution < 1.29 is 0 Å². The van der Waals surface area contributed by atoms with Gasteiger partial charge in [0, 0.05) is 5.25 Å². The fraction of sp³-hybridized carbons (Fsp3) is 1.00. The lowest BCUT2D eigenvalue weighted by Crippen LogP contribution is -2.08. The highest BCUT2D eigenvalue weighted by Gasteiger charge is 2.11. The molecule has 0 nitrogen and oxygen atoms in total. The van der Waals surface area contributed by atoms with Gasteiger partial charge in [-0.25, -0.2) is 0 Å². The van der Waals surface area contributed by atoms with Crippen LogP contribution < -0.4 is 0 Å². The molecular formula is C10H22S. The van der Waals surface area contributed by atoms with Crippen LogP contribution in [-0.2, 0) is 0 Å². The van der Waals surface area contributed by atoms with Crippen molar-refractivity contribution in [3.63, 3.8) is 0 Å². The summed E-state index contributed by atoms with van der Waals surface area (Å²) in [5.41, 5.74) is 0.481. The second kappa shape index (κ2) is 5.08. The summed E-state index contributed by atoms with van der Waals surface area (Å²) >= 11 is 4.52. The van der Waals surface area contributed by atoms with Gasteiger partial charge in [0.1, 0.15) is 0 Å². The van der Waals surface area contributed by atoms with E-state index in [9.17, 15) is 0 Å². The van der Waals surface area contributed by atoms with Gasteiger partial charge in [-0.3, -0.25) is 0 Å². The van der Waals surface area contributed by atoms with E-state index in [2.05, 4.69) is 40.3 Å². The van der Waals surface area contributed by atoms with Crippen molar-refractivity contribution in [2.45, 2.75) is 58.6 Å². The van der Waals surface area contributed by atoms with Gasteiger partial charge in [0.25, 0.3) is 0 Å². The van der Waals surface area contributed by atoms with Crippen molar-refractivity contribution in [3.8, 4) is 0 Å². The summed E-state index contributed by atoms with van der Waals surface area (Å²) in [4.78, 5) is 0. The third-order valence-electron chi connectivity index (χ3n) is 1.85. The predicted octanol–water partition coefficient (Wildman–Crippen LogP) is 3.91. The molecule has 0 rings (SSSR count). The SMILES string of the molecule is CCCC(S)CCC(C)(C)C. The number of hydrogen-bond acceptors (Lipinski definition) is 1. The van der Waals surface area contributed by atoms with E-state index in [0.29, 0.717) is 10.7 Å². The third-order valence-corrected chi connectivity index (χ3v) is 2.37. The molecule has 1 unspecified atom stereocenters. The molecule has 0 heterocycles. The summed E-state index contributed by atoms with van der Waals surface area (Å²) in [5, 5.41) is 0.624. The van der Waals surface area contributed by atoms with Crippen molar-refractivity contribution >= 4 is 12.6 Å². The number of thiol groups is 1. The van der Waals surface area contributed by atoms with E-state index in [1.165, 1.54) is 25.7 Å². The van der Waals surface area contributed by atoms with Crippen LogP contribution in [0.5, 0.6) is 0 Å². The zero-order chi connectivity index (χ0) is 8.91. The maximum atomic E-state index is 4.52. The van der Waals surface area contributed by atoms with Crippen LogP contribution >= 0.6 is 12.6 Å². The first-order valence-corrected chi connectivity index (χ1v) is 5.15. The second-order valence-electron chi connectivity index (χ2n) is 4.54. The van der Waals surface area contributed by atoms with Crippen LogP contribution in [0.4, 0.5) is 0 Å². The first kappa shape index (κ1) is 11.4. The third kappa shape index (κ3) is 8.25. The Balaban J connectivity index is 3.38. The minimum Gasteiger partial charge on any atom is -0.176 e. The zero-order valence-corrected chi connectivity index (χ0v) is 9.25. The molecule has 0 aromatic heterocycles. The second-order valence-corrected chi connectivity index (χ2v) is 5.27. The normalized spacial score (nSPS) is 15.0. The molecule has 0 aromatic carbocycles. The molecule has 0 aliphatic rings. The molecule has 0 bridgehead atoms. The molecule has 1 atom stereocenters. The average molecular weight is 174 g/mol. The van der Waals surface area contributed by atoms with Crippen molar-refractivity contribution in [3.05, 3.63) is 0 Å².